The fourth-order valence-electron chi connectivity index (χ4n) is 1.54. The molecule has 1 aliphatic rings. The molecule has 2 rings (SSSR count). The van der Waals surface area contributed by atoms with E-state index in [2.05, 4.69) is 15.9 Å². The molecule has 1 aromatic rings. The summed E-state index contributed by atoms with van der Waals surface area (Å²) < 4.78 is 6.10. The SMILES string of the molecule is O=C(C(Cl)c1sccc1Br)N1CCOCC1. The molecule has 1 unspecified atom stereocenters. The van der Waals surface area contributed by atoms with Gasteiger partial charge in [-0.3, -0.25) is 4.79 Å². The van der Waals surface area contributed by atoms with Gasteiger partial charge in [0.05, 0.1) is 13.2 Å². The van der Waals surface area contributed by atoms with Crippen molar-refractivity contribution in [2.45, 2.75) is 5.38 Å². The minimum absolute atomic E-state index is 0.0342. The molecule has 1 amide bonds. The summed E-state index contributed by atoms with van der Waals surface area (Å²) in [6.45, 7) is 2.46. The van der Waals surface area contributed by atoms with Gasteiger partial charge in [0.15, 0.2) is 0 Å². The molecule has 0 aliphatic carbocycles. The number of carbonyl (C=O) groups is 1. The molecule has 0 aromatic carbocycles. The minimum atomic E-state index is -0.590. The highest BCUT2D eigenvalue weighted by Crippen LogP contribution is 2.34. The van der Waals surface area contributed by atoms with Crippen LogP contribution in [-0.4, -0.2) is 37.1 Å². The molecule has 0 N–H and O–H groups in total. The number of morpholine rings is 1. The van der Waals surface area contributed by atoms with Gasteiger partial charge >= 0.3 is 0 Å². The number of hydrogen-bond acceptors (Lipinski definition) is 3. The van der Waals surface area contributed by atoms with Crippen LogP contribution in [-0.2, 0) is 9.53 Å². The third kappa shape index (κ3) is 2.59. The fraction of sp³-hybridized carbons (Fsp3) is 0.500. The zero-order chi connectivity index (χ0) is 11.5. The molecule has 1 fully saturated rings. The van der Waals surface area contributed by atoms with Crippen LogP contribution >= 0.6 is 38.9 Å². The quantitative estimate of drug-likeness (QED) is 0.783. The number of hydrogen-bond donors (Lipinski definition) is 0. The van der Waals surface area contributed by atoms with Gasteiger partial charge in [-0.2, -0.15) is 0 Å². The normalized spacial score (nSPS) is 18.5. The third-order valence-corrected chi connectivity index (χ3v) is 4.88. The number of rotatable bonds is 2. The van der Waals surface area contributed by atoms with Crippen molar-refractivity contribution in [2.75, 3.05) is 26.3 Å². The molecular weight excluding hydrogens is 314 g/mol. The van der Waals surface area contributed by atoms with Crippen molar-refractivity contribution >= 4 is 44.8 Å². The second kappa shape index (κ2) is 5.49. The molecule has 0 bridgehead atoms. The Morgan fingerprint density at radius 3 is 2.81 bits per heavy atom. The van der Waals surface area contributed by atoms with E-state index >= 15 is 0 Å². The first-order chi connectivity index (χ1) is 7.70. The average Bonchev–Trinajstić information content (AvgIpc) is 2.75. The van der Waals surface area contributed by atoms with Crippen molar-refractivity contribution in [2.24, 2.45) is 0 Å². The maximum Gasteiger partial charge on any atom is 0.246 e. The second-order valence-corrected chi connectivity index (χ2v) is 5.67. The summed E-state index contributed by atoms with van der Waals surface area (Å²) in [5, 5.41) is 1.33. The van der Waals surface area contributed by atoms with Crippen molar-refractivity contribution in [1.29, 1.82) is 0 Å². The lowest BCUT2D eigenvalue weighted by Crippen LogP contribution is -2.42. The van der Waals surface area contributed by atoms with E-state index in [1.54, 1.807) is 4.90 Å². The lowest BCUT2D eigenvalue weighted by Gasteiger charge is -2.28. The first-order valence-electron chi connectivity index (χ1n) is 4.93. The van der Waals surface area contributed by atoms with E-state index in [1.807, 2.05) is 11.4 Å². The molecule has 1 aromatic heterocycles. The molecule has 16 heavy (non-hydrogen) atoms. The monoisotopic (exact) mass is 323 g/mol. The highest BCUT2D eigenvalue weighted by Gasteiger charge is 2.27. The molecule has 6 heteroatoms. The molecule has 1 atom stereocenters. The molecule has 0 radical (unpaired) electrons. The summed E-state index contributed by atoms with van der Waals surface area (Å²) in [6, 6.07) is 1.90. The predicted octanol–water partition coefficient (Wildman–Crippen LogP) is 2.65. The summed E-state index contributed by atoms with van der Waals surface area (Å²) in [5.74, 6) is -0.0342. The first kappa shape index (κ1) is 12.4. The highest BCUT2D eigenvalue weighted by atomic mass is 79.9. The number of nitrogens with zero attached hydrogens (tertiary/aromatic N) is 1. The van der Waals surface area contributed by atoms with E-state index in [-0.39, 0.29) is 5.91 Å². The van der Waals surface area contributed by atoms with Crippen LogP contribution in [0.15, 0.2) is 15.9 Å². The molecule has 2 heterocycles. The number of alkyl halides is 1. The Morgan fingerprint density at radius 2 is 2.25 bits per heavy atom. The minimum Gasteiger partial charge on any atom is -0.378 e. The van der Waals surface area contributed by atoms with Gasteiger partial charge in [-0.25, -0.2) is 0 Å². The van der Waals surface area contributed by atoms with Crippen LogP contribution in [0.2, 0.25) is 0 Å². The van der Waals surface area contributed by atoms with Crippen molar-refractivity contribution < 1.29 is 9.53 Å². The molecule has 0 spiro atoms. The van der Waals surface area contributed by atoms with Gasteiger partial charge in [0.2, 0.25) is 5.91 Å². The molecule has 1 aliphatic heterocycles. The zero-order valence-electron chi connectivity index (χ0n) is 8.49. The fourth-order valence-corrected chi connectivity index (χ4v) is 3.65. The maximum atomic E-state index is 12.1. The maximum absolute atomic E-state index is 12.1. The Bertz CT molecular complexity index is 379. The number of carbonyl (C=O) groups excluding carboxylic acids is 1. The molecule has 88 valence electrons. The van der Waals surface area contributed by atoms with Gasteiger partial charge in [0.1, 0.15) is 5.38 Å². The number of ether oxygens (including phenoxy) is 1. The van der Waals surface area contributed by atoms with Gasteiger partial charge in [-0.15, -0.1) is 22.9 Å². The molecule has 1 saturated heterocycles. The van der Waals surface area contributed by atoms with Crippen LogP contribution in [0.3, 0.4) is 0 Å². The van der Waals surface area contributed by atoms with Crippen LogP contribution in [0.25, 0.3) is 0 Å². The van der Waals surface area contributed by atoms with Gasteiger partial charge < -0.3 is 9.64 Å². The van der Waals surface area contributed by atoms with Crippen molar-refractivity contribution in [1.82, 2.24) is 4.90 Å². The largest absolute Gasteiger partial charge is 0.378 e. The second-order valence-electron chi connectivity index (χ2n) is 3.43. The van der Waals surface area contributed by atoms with Crippen LogP contribution in [0, 0.1) is 0 Å². The molecule has 3 nitrogen and oxygen atoms in total. The zero-order valence-corrected chi connectivity index (χ0v) is 11.6. The van der Waals surface area contributed by atoms with E-state index in [0.717, 1.165) is 9.35 Å². The van der Waals surface area contributed by atoms with E-state index in [4.69, 9.17) is 16.3 Å². The summed E-state index contributed by atoms with van der Waals surface area (Å²) in [6.07, 6.45) is 0. The van der Waals surface area contributed by atoms with Crippen LogP contribution in [0.1, 0.15) is 10.3 Å². The first-order valence-corrected chi connectivity index (χ1v) is 7.04. The van der Waals surface area contributed by atoms with E-state index in [9.17, 15) is 4.79 Å². The van der Waals surface area contributed by atoms with Crippen LogP contribution in [0.4, 0.5) is 0 Å². The standard InChI is InChI=1S/C10H11BrClNO2S/c11-7-1-6-16-9(7)8(12)10(14)13-2-4-15-5-3-13/h1,6,8H,2-5H2. The number of thiophene rings is 1. The Kier molecular flexibility index (Phi) is 4.24. The molecular formula is C10H11BrClNO2S. The Morgan fingerprint density at radius 1 is 1.56 bits per heavy atom. The summed E-state index contributed by atoms with van der Waals surface area (Å²) >= 11 is 11.1. The third-order valence-electron chi connectivity index (χ3n) is 2.41. The van der Waals surface area contributed by atoms with E-state index in [0.29, 0.717) is 26.3 Å². The summed E-state index contributed by atoms with van der Waals surface area (Å²) in [5.41, 5.74) is 0. The van der Waals surface area contributed by atoms with E-state index < -0.39 is 5.38 Å². The topological polar surface area (TPSA) is 29.5 Å². The smallest absolute Gasteiger partial charge is 0.246 e. The summed E-state index contributed by atoms with van der Waals surface area (Å²) in [4.78, 5) is 14.7. The lowest BCUT2D eigenvalue weighted by molar-refractivity contribution is -0.134. The van der Waals surface area contributed by atoms with Crippen molar-refractivity contribution in [3.63, 3.8) is 0 Å². The predicted molar refractivity (Wildman–Crippen MR) is 68.0 cm³/mol. The van der Waals surface area contributed by atoms with Gasteiger partial charge in [0.25, 0.3) is 0 Å². The lowest BCUT2D eigenvalue weighted by atomic mass is 10.3. The number of halogens is 2. The van der Waals surface area contributed by atoms with E-state index in [1.165, 1.54) is 11.3 Å². The Balaban J connectivity index is 2.06. The Labute approximate surface area is 111 Å². The highest BCUT2D eigenvalue weighted by molar-refractivity contribution is 9.10. The van der Waals surface area contributed by atoms with Crippen LogP contribution in [0.5, 0.6) is 0 Å². The van der Waals surface area contributed by atoms with Crippen molar-refractivity contribution in [3.8, 4) is 0 Å². The van der Waals surface area contributed by atoms with Crippen LogP contribution < -0.4 is 0 Å². The molecule has 0 saturated carbocycles. The summed E-state index contributed by atoms with van der Waals surface area (Å²) in [7, 11) is 0. The van der Waals surface area contributed by atoms with Crippen molar-refractivity contribution in [3.05, 3.63) is 20.8 Å². The Hall–Kier alpha value is -0.100. The average molecular weight is 325 g/mol. The van der Waals surface area contributed by atoms with Gasteiger partial charge in [-0.05, 0) is 27.4 Å². The van der Waals surface area contributed by atoms with Gasteiger partial charge in [0, 0.05) is 22.4 Å². The van der Waals surface area contributed by atoms with Gasteiger partial charge in [-0.1, -0.05) is 0 Å². The number of amides is 1.